The van der Waals surface area contributed by atoms with Crippen molar-refractivity contribution in [3.05, 3.63) is 28.8 Å². The molecular formula is C9H11ClO2. The maximum Gasteiger partial charge on any atom is 0.121 e. The van der Waals surface area contributed by atoms with Crippen LogP contribution in [0.15, 0.2) is 18.2 Å². The summed E-state index contributed by atoms with van der Waals surface area (Å²) in [5.41, 5.74) is 0.726. The monoisotopic (exact) mass is 186 g/mol. The van der Waals surface area contributed by atoms with E-state index in [0.717, 1.165) is 5.56 Å². The Morgan fingerprint density at radius 2 is 2.25 bits per heavy atom. The summed E-state index contributed by atoms with van der Waals surface area (Å²) in [6.45, 7) is 2.94. The van der Waals surface area contributed by atoms with Crippen LogP contribution in [-0.4, -0.2) is 11.7 Å². The van der Waals surface area contributed by atoms with Gasteiger partial charge in [0.05, 0.1) is 6.61 Å². The predicted molar refractivity (Wildman–Crippen MR) is 48.4 cm³/mol. The van der Waals surface area contributed by atoms with Gasteiger partial charge >= 0.3 is 0 Å². The SMILES string of the molecule is CCOCc1cc(Cl)ccc1O. The maximum absolute atomic E-state index is 9.32. The topological polar surface area (TPSA) is 29.5 Å². The first-order valence-electron chi connectivity index (χ1n) is 3.79. The van der Waals surface area contributed by atoms with Crippen molar-refractivity contribution in [2.45, 2.75) is 13.5 Å². The molecule has 0 aromatic heterocycles. The molecule has 1 aromatic carbocycles. The summed E-state index contributed by atoms with van der Waals surface area (Å²) in [5, 5.41) is 9.94. The minimum atomic E-state index is 0.229. The van der Waals surface area contributed by atoms with Gasteiger partial charge in [-0.3, -0.25) is 0 Å². The van der Waals surface area contributed by atoms with E-state index >= 15 is 0 Å². The van der Waals surface area contributed by atoms with E-state index in [4.69, 9.17) is 16.3 Å². The fourth-order valence-electron chi connectivity index (χ4n) is 0.882. The number of ether oxygens (including phenoxy) is 1. The molecule has 0 heterocycles. The minimum Gasteiger partial charge on any atom is -0.508 e. The fraction of sp³-hybridized carbons (Fsp3) is 0.333. The van der Waals surface area contributed by atoms with Gasteiger partial charge in [-0.15, -0.1) is 0 Å². The lowest BCUT2D eigenvalue weighted by Gasteiger charge is -2.04. The molecule has 1 N–H and O–H groups in total. The van der Waals surface area contributed by atoms with E-state index in [0.29, 0.717) is 18.2 Å². The average molecular weight is 187 g/mol. The molecule has 66 valence electrons. The standard InChI is InChI=1S/C9H11ClO2/c1-2-12-6-7-5-8(10)3-4-9(7)11/h3-5,11H,2,6H2,1H3. The first kappa shape index (κ1) is 9.36. The first-order valence-corrected chi connectivity index (χ1v) is 4.17. The Balaban J connectivity index is 2.75. The van der Waals surface area contributed by atoms with E-state index in [-0.39, 0.29) is 5.75 Å². The van der Waals surface area contributed by atoms with Gasteiger partial charge in [0.25, 0.3) is 0 Å². The van der Waals surface area contributed by atoms with Gasteiger partial charge in [0.15, 0.2) is 0 Å². The molecule has 0 aliphatic rings. The molecule has 0 saturated carbocycles. The molecule has 0 aliphatic carbocycles. The summed E-state index contributed by atoms with van der Waals surface area (Å²) in [6, 6.07) is 4.91. The normalized spacial score (nSPS) is 10.2. The Kier molecular flexibility index (Phi) is 3.38. The van der Waals surface area contributed by atoms with Gasteiger partial charge in [-0.1, -0.05) is 11.6 Å². The Morgan fingerprint density at radius 1 is 1.50 bits per heavy atom. The van der Waals surface area contributed by atoms with Crippen LogP contribution in [0.25, 0.3) is 0 Å². The summed E-state index contributed by atoms with van der Waals surface area (Å²) in [6.07, 6.45) is 0. The fourth-order valence-corrected chi connectivity index (χ4v) is 1.08. The van der Waals surface area contributed by atoms with E-state index in [9.17, 15) is 5.11 Å². The van der Waals surface area contributed by atoms with E-state index in [2.05, 4.69) is 0 Å². The summed E-state index contributed by atoms with van der Waals surface area (Å²) in [7, 11) is 0. The highest BCUT2D eigenvalue weighted by atomic mass is 35.5. The van der Waals surface area contributed by atoms with Gasteiger partial charge in [0.1, 0.15) is 5.75 Å². The van der Waals surface area contributed by atoms with Gasteiger partial charge < -0.3 is 9.84 Å². The smallest absolute Gasteiger partial charge is 0.121 e. The second-order valence-corrected chi connectivity index (χ2v) is 2.85. The molecule has 0 saturated heterocycles. The highest BCUT2D eigenvalue weighted by molar-refractivity contribution is 6.30. The maximum atomic E-state index is 9.32. The van der Waals surface area contributed by atoms with E-state index in [1.54, 1.807) is 18.2 Å². The summed E-state index contributed by atoms with van der Waals surface area (Å²) in [4.78, 5) is 0. The van der Waals surface area contributed by atoms with Crippen molar-refractivity contribution < 1.29 is 9.84 Å². The van der Waals surface area contributed by atoms with Crippen LogP contribution in [0.1, 0.15) is 12.5 Å². The molecule has 0 spiro atoms. The summed E-state index contributed by atoms with van der Waals surface area (Å²) >= 11 is 5.73. The number of aromatic hydroxyl groups is 1. The zero-order valence-electron chi connectivity index (χ0n) is 6.88. The van der Waals surface area contributed by atoms with Gasteiger partial charge in [-0.2, -0.15) is 0 Å². The number of phenolic OH excluding ortho intramolecular Hbond substituents is 1. The van der Waals surface area contributed by atoms with E-state index in [1.807, 2.05) is 6.92 Å². The van der Waals surface area contributed by atoms with Gasteiger partial charge in [-0.25, -0.2) is 0 Å². The molecular weight excluding hydrogens is 176 g/mol. The molecule has 1 aromatic rings. The van der Waals surface area contributed by atoms with Crippen LogP contribution in [0.4, 0.5) is 0 Å². The zero-order valence-corrected chi connectivity index (χ0v) is 7.64. The molecule has 12 heavy (non-hydrogen) atoms. The summed E-state index contributed by atoms with van der Waals surface area (Å²) in [5.74, 6) is 0.229. The zero-order chi connectivity index (χ0) is 8.97. The lowest BCUT2D eigenvalue weighted by atomic mass is 10.2. The van der Waals surface area contributed by atoms with Crippen molar-refractivity contribution in [3.63, 3.8) is 0 Å². The number of benzene rings is 1. The minimum absolute atomic E-state index is 0.229. The molecule has 0 amide bonds. The van der Waals surface area contributed by atoms with Crippen molar-refractivity contribution in [2.24, 2.45) is 0 Å². The van der Waals surface area contributed by atoms with Gasteiger partial charge in [0.2, 0.25) is 0 Å². The van der Waals surface area contributed by atoms with Crippen LogP contribution in [0.3, 0.4) is 0 Å². The van der Waals surface area contributed by atoms with Crippen LogP contribution < -0.4 is 0 Å². The molecule has 0 aliphatic heterocycles. The average Bonchev–Trinajstić information content (AvgIpc) is 2.07. The second kappa shape index (κ2) is 4.33. The first-order chi connectivity index (χ1) is 5.74. The number of phenols is 1. The molecule has 0 atom stereocenters. The second-order valence-electron chi connectivity index (χ2n) is 2.41. The number of hydrogen-bond acceptors (Lipinski definition) is 2. The lowest BCUT2D eigenvalue weighted by molar-refractivity contribution is 0.132. The number of halogens is 1. The number of rotatable bonds is 3. The van der Waals surface area contributed by atoms with Crippen molar-refractivity contribution in [1.82, 2.24) is 0 Å². The molecule has 0 unspecified atom stereocenters. The van der Waals surface area contributed by atoms with E-state index in [1.165, 1.54) is 0 Å². The number of hydrogen-bond donors (Lipinski definition) is 1. The van der Waals surface area contributed by atoms with Gasteiger partial charge in [-0.05, 0) is 25.1 Å². The quantitative estimate of drug-likeness (QED) is 0.787. The molecule has 2 nitrogen and oxygen atoms in total. The molecule has 3 heteroatoms. The van der Waals surface area contributed by atoms with Crippen LogP contribution in [0.2, 0.25) is 5.02 Å². The highest BCUT2D eigenvalue weighted by Gasteiger charge is 2.00. The third kappa shape index (κ3) is 2.40. The largest absolute Gasteiger partial charge is 0.508 e. The lowest BCUT2D eigenvalue weighted by Crippen LogP contribution is -1.91. The van der Waals surface area contributed by atoms with Crippen molar-refractivity contribution in [1.29, 1.82) is 0 Å². The Hall–Kier alpha value is -0.730. The Bertz CT molecular complexity index is 261. The highest BCUT2D eigenvalue weighted by Crippen LogP contribution is 2.21. The molecule has 1 rings (SSSR count). The van der Waals surface area contributed by atoms with Crippen LogP contribution in [0, 0.1) is 0 Å². The van der Waals surface area contributed by atoms with Crippen LogP contribution in [-0.2, 0) is 11.3 Å². The molecule has 0 radical (unpaired) electrons. The Labute approximate surface area is 76.7 Å². The molecule has 0 bridgehead atoms. The third-order valence-electron chi connectivity index (χ3n) is 1.50. The predicted octanol–water partition coefficient (Wildman–Crippen LogP) is 2.58. The van der Waals surface area contributed by atoms with Gasteiger partial charge in [0, 0.05) is 17.2 Å². The van der Waals surface area contributed by atoms with Crippen molar-refractivity contribution >= 4 is 11.6 Å². The Morgan fingerprint density at radius 3 is 2.92 bits per heavy atom. The van der Waals surface area contributed by atoms with Crippen molar-refractivity contribution in [2.75, 3.05) is 6.61 Å². The molecule has 0 fully saturated rings. The van der Waals surface area contributed by atoms with Crippen LogP contribution >= 0.6 is 11.6 Å². The summed E-state index contributed by atoms with van der Waals surface area (Å²) < 4.78 is 5.14. The third-order valence-corrected chi connectivity index (χ3v) is 1.74. The van der Waals surface area contributed by atoms with Crippen molar-refractivity contribution in [3.8, 4) is 5.75 Å². The van der Waals surface area contributed by atoms with Crippen LogP contribution in [0.5, 0.6) is 5.75 Å². The van der Waals surface area contributed by atoms with E-state index < -0.39 is 0 Å².